The van der Waals surface area contributed by atoms with Crippen molar-refractivity contribution in [1.82, 2.24) is 0 Å². The number of halogens is 2. The Balaban J connectivity index is 2.36. The lowest BCUT2D eigenvalue weighted by molar-refractivity contribution is 0.107. The van der Waals surface area contributed by atoms with Crippen LogP contribution in [0.3, 0.4) is 0 Å². The molecule has 4 heteroatoms. The van der Waals surface area contributed by atoms with Gasteiger partial charge in [0.1, 0.15) is 11.5 Å². The average Bonchev–Trinajstić information content (AvgIpc) is 2.32. The van der Waals surface area contributed by atoms with Crippen LogP contribution in [-0.4, -0.2) is 5.24 Å². The van der Waals surface area contributed by atoms with E-state index in [1.807, 2.05) is 18.2 Å². The number of carbonyl (C=O) groups is 1. The van der Waals surface area contributed by atoms with Crippen LogP contribution in [0, 0.1) is 0 Å². The molecule has 0 N–H and O–H groups in total. The topological polar surface area (TPSA) is 26.3 Å². The Hall–Kier alpha value is -1.51. The van der Waals surface area contributed by atoms with Crippen molar-refractivity contribution >= 4 is 28.4 Å². The first-order valence-electron chi connectivity index (χ1n) is 4.89. The van der Waals surface area contributed by atoms with Gasteiger partial charge in [0.15, 0.2) is 0 Å². The van der Waals surface area contributed by atoms with Crippen LogP contribution in [-0.2, 0) is 0 Å². The molecule has 2 rings (SSSR count). The molecule has 0 amide bonds. The van der Waals surface area contributed by atoms with Gasteiger partial charge >= 0.3 is 0 Å². The number of hydrogen-bond donors (Lipinski definition) is 0. The van der Waals surface area contributed by atoms with E-state index in [4.69, 9.17) is 27.9 Å². The molecule has 2 nitrogen and oxygen atoms in total. The predicted molar refractivity (Wildman–Crippen MR) is 68.2 cm³/mol. The minimum absolute atomic E-state index is 0.253. The second-order valence-corrected chi connectivity index (χ2v) is 4.11. The molecule has 0 aromatic heterocycles. The van der Waals surface area contributed by atoms with E-state index in [0.29, 0.717) is 16.5 Å². The molecule has 0 radical (unpaired) electrons. The van der Waals surface area contributed by atoms with Gasteiger partial charge < -0.3 is 4.74 Å². The Bertz CT molecular complexity index is 538. The highest BCUT2D eigenvalue weighted by Gasteiger charge is 2.11. The molecule has 0 bridgehead atoms. The summed E-state index contributed by atoms with van der Waals surface area (Å²) in [5.74, 6) is 1.02. The first-order valence-corrected chi connectivity index (χ1v) is 5.64. The third kappa shape index (κ3) is 2.99. The maximum atomic E-state index is 11.2. The second kappa shape index (κ2) is 5.21. The molecule has 86 valence electrons. The van der Waals surface area contributed by atoms with Crippen molar-refractivity contribution in [2.45, 2.75) is 0 Å². The highest BCUT2D eigenvalue weighted by molar-refractivity contribution is 6.68. The third-order valence-electron chi connectivity index (χ3n) is 2.12. The van der Waals surface area contributed by atoms with E-state index in [-0.39, 0.29) is 5.56 Å². The summed E-state index contributed by atoms with van der Waals surface area (Å²) in [5.41, 5.74) is 0.253. The molecular formula is C13H8Cl2O2. The maximum absolute atomic E-state index is 11.2. The Morgan fingerprint density at radius 3 is 2.41 bits per heavy atom. The van der Waals surface area contributed by atoms with Crippen molar-refractivity contribution in [3.63, 3.8) is 0 Å². The van der Waals surface area contributed by atoms with Gasteiger partial charge in [-0.1, -0.05) is 29.8 Å². The van der Waals surface area contributed by atoms with Crippen LogP contribution >= 0.6 is 23.2 Å². The van der Waals surface area contributed by atoms with E-state index < -0.39 is 5.24 Å². The van der Waals surface area contributed by atoms with Gasteiger partial charge in [-0.3, -0.25) is 4.79 Å². The SMILES string of the molecule is O=C(Cl)c1cc(Cl)ccc1Oc1ccccc1. The zero-order valence-corrected chi connectivity index (χ0v) is 10.2. The summed E-state index contributed by atoms with van der Waals surface area (Å²) >= 11 is 11.3. The van der Waals surface area contributed by atoms with Gasteiger partial charge in [0.2, 0.25) is 0 Å². The van der Waals surface area contributed by atoms with Crippen molar-refractivity contribution < 1.29 is 9.53 Å². The summed E-state index contributed by atoms with van der Waals surface area (Å²) in [6.07, 6.45) is 0. The van der Waals surface area contributed by atoms with E-state index in [2.05, 4.69) is 0 Å². The largest absolute Gasteiger partial charge is 0.457 e. The summed E-state index contributed by atoms with van der Waals surface area (Å²) in [4.78, 5) is 11.2. The normalized spacial score (nSPS) is 10.0. The van der Waals surface area contributed by atoms with E-state index in [1.165, 1.54) is 6.07 Å². The standard InChI is InChI=1S/C13H8Cl2O2/c14-9-6-7-12(11(8-9)13(15)16)17-10-4-2-1-3-5-10/h1-8H. The van der Waals surface area contributed by atoms with Crippen LogP contribution in [0.5, 0.6) is 11.5 Å². The molecule has 2 aromatic carbocycles. The summed E-state index contributed by atoms with van der Waals surface area (Å²) in [7, 11) is 0. The summed E-state index contributed by atoms with van der Waals surface area (Å²) in [6.45, 7) is 0. The van der Waals surface area contributed by atoms with Gasteiger partial charge in [-0.15, -0.1) is 0 Å². The van der Waals surface area contributed by atoms with Crippen LogP contribution in [0.4, 0.5) is 0 Å². The van der Waals surface area contributed by atoms with Gasteiger partial charge in [0.25, 0.3) is 5.24 Å². The molecule has 0 saturated heterocycles. The Morgan fingerprint density at radius 1 is 1.06 bits per heavy atom. The van der Waals surface area contributed by atoms with Crippen molar-refractivity contribution in [1.29, 1.82) is 0 Å². The average molecular weight is 267 g/mol. The molecule has 0 spiro atoms. The number of benzene rings is 2. The molecule has 0 aliphatic rings. The summed E-state index contributed by atoms with van der Waals surface area (Å²) in [5, 5.41) is -0.159. The minimum Gasteiger partial charge on any atom is -0.457 e. The van der Waals surface area contributed by atoms with E-state index in [9.17, 15) is 4.79 Å². The first-order chi connectivity index (χ1) is 8.16. The lowest BCUT2D eigenvalue weighted by Crippen LogP contribution is -1.94. The van der Waals surface area contributed by atoms with Crippen LogP contribution < -0.4 is 4.74 Å². The van der Waals surface area contributed by atoms with Gasteiger partial charge in [0, 0.05) is 5.02 Å². The Kier molecular flexibility index (Phi) is 3.67. The Labute approximate surface area is 109 Å². The van der Waals surface area contributed by atoms with Crippen LogP contribution in [0.1, 0.15) is 10.4 Å². The van der Waals surface area contributed by atoms with Crippen molar-refractivity contribution in [2.75, 3.05) is 0 Å². The molecular weight excluding hydrogens is 259 g/mol. The molecule has 17 heavy (non-hydrogen) atoms. The fourth-order valence-corrected chi connectivity index (χ4v) is 1.68. The van der Waals surface area contributed by atoms with Crippen LogP contribution in [0.25, 0.3) is 0 Å². The van der Waals surface area contributed by atoms with Crippen LogP contribution in [0.2, 0.25) is 5.02 Å². The molecule has 0 atom stereocenters. The number of carbonyl (C=O) groups excluding carboxylic acids is 1. The monoisotopic (exact) mass is 266 g/mol. The molecule has 0 heterocycles. The summed E-state index contributed by atoms with van der Waals surface area (Å²) < 4.78 is 5.56. The maximum Gasteiger partial charge on any atom is 0.256 e. The molecule has 2 aromatic rings. The first kappa shape index (κ1) is 12.0. The van der Waals surface area contributed by atoms with E-state index in [0.717, 1.165) is 0 Å². The smallest absolute Gasteiger partial charge is 0.256 e. The van der Waals surface area contributed by atoms with Crippen LogP contribution in [0.15, 0.2) is 48.5 Å². The molecule has 0 unspecified atom stereocenters. The highest BCUT2D eigenvalue weighted by Crippen LogP contribution is 2.28. The van der Waals surface area contributed by atoms with Crippen molar-refractivity contribution in [3.05, 3.63) is 59.1 Å². The number of rotatable bonds is 3. The number of hydrogen-bond acceptors (Lipinski definition) is 2. The Morgan fingerprint density at radius 2 is 1.76 bits per heavy atom. The molecule has 0 saturated carbocycles. The minimum atomic E-state index is -0.599. The van der Waals surface area contributed by atoms with Gasteiger partial charge in [0.05, 0.1) is 5.56 Å². The molecule has 0 aliphatic carbocycles. The quantitative estimate of drug-likeness (QED) is 0.764. The molecule has 0 fully saturated rings. The number of ether oxygens (including phenoxy) is 1. The highest BCUT2D eigenvalue weighted by atomic mass is 35.5. The zero-order chi connectivity index (χ0) is 12.3. The number of para-hydroxylation sites is 1. The zero-order valence-electron chi connectivity index (χ0n) is 8.69. The lowest BCUT2D eigenvalue weighted by Gasteiger charge is -2.08. The third-order valence-corrected chi connectivity index (χ3v) is 2.56. The fourth-order valence-electron chi connectivity index (χ4n) is 1.36. The molecule has 0 aliphatic heterocycles. The van der Waals surface area contributed by atoms with Crippen molar-refractivity contribution in [2.24, 2.45) is 0 Å². The van der Waals surface area contributed by atoms with Crippen molar-refractivity contribution in [3.8, 4) is 11.5 Å². The predicted octanol–water partition coefficient (Wildman–Crippen LogP) is 4.51. The fraction of sp³-hybridized carbons (Fsp3) is 0. The van der Waals surface area contributed by atoms with Gasteiger partial charge in [-0.2, -0.15) is 0 Å². The lowest BCUT2D eigenvalue weighted by atomic mass is 10.2. The van der Waals surface area contributed by atoms with Gasteiger partial charge in [-0.05, 0) is 41.9 Å². The van der Waals surface area contributed by atoms with E-state index >= 15 is 0 Å². The second-order valence-electron chi connectivity index (χ2n) is 3.33. The van der Waals surface area contributed by atoms with E-state index in [1.54, 1.807) is 24.3 Å². The summed E-state index contributed by atoms with van der Waals surface area (Å²) in [6, 6.07) is 13.9. The van der Waals surface area contributed by atoms with Gasteiger partial charge in [-0.25, -0.2) is 0 Å².